The van der Waals surface area contributed by atoms with Crippen LogP contribution in [0.1, 0.15) is 12.5 Å². The van der Waals surface area contributed by atoms with Crippen molar-refractivity contribution in [2.24, 2.45) is 5.92 Å². The minimum Gasteiger partial charge on any atom is -0.459 e. The summed E-state index contributed by atoms with van der Waals surface area (Å²) >= 11 is 0. The van der Waals surface area contributed by atoms with Gasteiger partial charge in [-0.15, -0.1) is 0 Å². The Morgan fingerprint density at radius 2 is 2.20 bits per heavy atom. The number of hydrogen-bond acceptors (Lipinski definition) is 3. The lowest BCUT2D eigenvalue weighted by Crippen LogP contribution is -2.44. The molecule has 0 saturated carbocycles. The molecule has 1 aromatic carbocycles. The third kappa shape index (κ3) is 2.36. The van der Waals surface area contributed by atoms with E-state index in [0.29, 0.717) is 13.2 Å². The largest absolute Gasteiger partial charge is 0.459 e. The Kier molecular flexibility index (Phi) is 3.02. The highest BCUT2D eigenvalue weighted by atomic mass is 16.6. The Morgan fingerprint density at radius 3 is 2.73 bits per heavy atom. The van der Waals surface area contributed by atoms with Gasteiger partial charge in [-0.25, -0.2) is 4.79 Å². The normalized spacial score (nSPS) is 24.3. The van der Waals surface area contributed by atoms with Crippen LogP contribution in [0.2, 0.25) is 0 Å². The summed E-state index contributed by atoms with van der Waals surface area (Å²) in [6.07, 6.45) is -0.353. The van der Waals surface area contributed by atoms with Gasteiger partial charge in [0.05, 0.1) is 6.61 Å². The molecule has 3 nitrogen and oxygen atoms in total. The van der Waals surface area contributed by atoms with Gasteiger partial charge in [0.15, 0.2) is 6.10 Å². The van der Waals surface area contributed by atoms with Crippen LogP contribution in [0.5, 0.6) is 0 Å². The number of rotatable bonds is 3. The predicted molar refractivity (Wildman–Crippen MR) is 55.1 cm³/mol. The summed E-state index contributed by atoms with van der Waals surface area (Å²) in [5.41, 5.74) is 0.998. The van der Waals surface area contributed by atoms with E-state index in [-0.39, 0.29) is 18.0 Å². The van der Waals surface area contributed by atoms with Crippen molar-refractivity contribution in [1.29, 1.82) is 0 Å². The molecule has 1 aliphatic rings. The topological polar surface area (TPSA) is 35.5 Å². The third-order valence-electron chi connectivity index (χ3n) is 2.51. The van der Waals surface area contributed by atoms with Crippen LogP contribution in [0.4, 0.5) is 0 Å². The fourth-order valence-electron chi connectivity index (χ4n) is 1.50. The van der Waals surface area contributed by atoms with Crippen molar-refractivity contribution in [1.82, 2.24) is 0 Å². The average Bonchev–Trinajstić information content (AvgIpc) is 2.26. The molecule has 0 amide bonds. The van der Waals surface area contributed by atoms with E-state index in [1.165, 1.54) is 0 Å². The van der Waals surface area contributed by atoms with Gasteiger partial charge in [-0.3, -0.25) is 0 Å². The molecule has 0 aromatic heterocycles. The fraction of sp³-hybridized carbons (Fsp3) is 0.417. The first-order valence-electron chi connectivity index (χ1n) is 5.09. The van der Waals surface area contributed by atoms with Crippen LogP contribution < -0.4 is 0 Å². The zero-order valence-corrected chi connectivity index (χ0v) is 8.68. The van der Waals surface area contributed by atoms with Gasteiger partial charge >= 0.3 is 5.97 Å². The van der Waals surface area contributed by atoms with Gasteiger partial charge in [0.2, 0.25) is 0 Å². The third-order valence-corrected chi connectivity index (χ3v) is 2.51. The summed E-state index contributed by atoms with van der Waals surface area (Å²) in [5, 5.41) is 0. The summed E-state index contributed by atoms with van der Waals surface area (Å²) < 4.78 is 10.3. The van der Waals surface area contributed by atoms with Crippen LogP contribution in [0.3, 0.4) is 0 Å². The molecule has 1 aromatic rings. The van der Waals surface area contributed by atoms with Crippen molar-refractivity contribution in [3.8, 4) is 0 Å². The van der Waals surface area contributed by atoms with Gasteiger partial charge < -0.3 is 9.47 Å². The van der Waals surface area contributed by atoms with Crippen molar-refractivity contribution in [2.45, 2.75) is 19.6 Å². The molecule has 0 aliphatic carbocycles. The maximum atomic E-state index is 11.5. The fourth-order valence-corrected chi connectivity index (χ4v) is 1.50. The summed E-state index contributed by atoms with van der Waals surface area (Å²) in [4.78, 5) is 11.5. The Labute approximate surface area is 89.0 Å². The molecule has 80 valence electrons. The van der Waals surface area contributed by atoms with E-state index >= 15 is 0 Å². The lowest BCUT2D eigenvalue weighted by atomic mass is 10.0. The van der Waals surface area contributed by atoms with E-state index in [0.717, 1.165) is 5.56 Å². The average molecular weight is 206 g/mol. The first-order chi connectivity index (χ1) is 7.27. The smallest absolute Gasteiger partial charge is 0.335 e. The van der Waals surface area contributed by atoms with Crippen LogP contribution in [-0.2, 0) is 20.9 Å². The highest BCUT2D eigenvalue weighted by molar-refractivity contribution is 5.75. The number of ether oxygens (including phenoxy) is 2. The second-order valence-electron chi connectivity index (χ2n) is 3.82. The van der Waals surface area contributed by atoms with E-state index in [1.54, 1.807) is 0 Å². The standard InChI is InChI=1S/C12H14O3/c1-9-7-14-11(9)12(13)15-8-10-5-3-2-4-6-10/h2-6,9,11H,7-8H2,1H3/t9-,11+/m0/s1. The molecule has 1 saturated heterocycles. The van der Waals surface area contributed by atoms with Crippen molar-refractivity contribution in [3.05, 3.63) is 35.9 Å². The molecule has 0 bridgehead atoms. The molecule has 2 rings (SSSR count). The Morgan fingerprint density at radius 1 is 1.47 bits per heavy atom. The minimum atomic E-state index is -0.353. The maximum absolute atomic E-state index is 11.5. The quantitative estimate of drug-likeness (QED) is 0.707. The van der Waals surface area contributed by atoms with Crippen molar-refractivity contribution in [3.63, 3.8) is 0 Å². The van der Waals surface area contributed by atoms with E-state index in [2.05, 4.69) is 0 Å². The molecule has 2 atom stereocenters. The summed E-state index contributed by atoms with van der Waals surface area (Å²) in [6, 6.07) is 9.64. The molecule has 15 heavy (non-hydrogen) atoms. The Balaban J connectivity index is 1.81. The van der Waals surface area contributed by atoms with Crippen LogP contribution in [0.25, 0.3) is 0 Å². The number of carbonyl (C=O) groups excluding carboxylic acids is 1. The monoisotopic (exact) mass is 206 g/mol. The number of esters is 1. The molecule has 1 fully saturated rings. The number of carbonyl (C=O) groups is 1. The van der Waals surface area contributed by atoms with Crippen LogP contribution >= 0.6 is 0 Å². The van der Waals surface area contributed by atoms with Gasteiger partial charge in [0.1, 0.15) is 6.61 Å². The lowest BCUT2D eigenvalue weighted by molar-refractivity contribution is -0.182. The van der Waals surface area contributed by atoms with Gasteiger partial charge in [0.25, 0.3) is 0 Å². The van der Waals surface area contributed by atoms with E-state index < -0.39 is 0 Å². The summed E-state index contributed by atoms with van der Waals surface area (Å²) in [5.74, 6) is 0.0332. The second kappa shape index (κ2) is 4.45. The first-order valence-corrected chi connectivity index (χ1v) is 5.09. The maximum Gasteiger partial charge on any atom is 0.335 e. The van der Waals surface area contributed by atoms with E-state index in [1.807, 2.05) is 37.3 Å². The molecular weight excluding hydrogens is 192 g/mol. The molecule has 0 unspecified atom stereocenters. The van der Waals surface area contributed by atoms with Gasteiger partial charge in [-0.1, -0.05) is 37.3 Å². The van der Waals surface area contributed by atoms with Gasteiger partial charge in [-0.2, -0.15) is 0 Å². The van der Waals surface area contributed by atoms with Crippen molar-refractivity contribution in [2.75, 3.05) is 6.61 Å². The van der Waals surface area contributed by atoms with Gasteiger partial charge in [-0.05, 0) is 5.56 Å². The van der Waals surface area contributed by atoms with Crippen molar-refractivity contribution >= 4 is 5.97 Å². The lowest BCUT2D eigenvalue weighted by Gasteiger charge is -2.31. The number of hydrogen-bond donors (Lipinski definition) is 0. The van der Waals surface area contributed by atoms with Crippen LogP contribution in [0.15, 0.2) is 30.3 Å². The molecular formula is C12H14O3. The Bertz CT molecular complexity index is 334. The SMILES string of the molecule is C[C@H]1CO[C@H]1C(=O)OCc1ccccc1. The highest BCUT2D eigenvalue weighted by Gasteiger charge is 2.35. The van der Waals surface area contributed by atoms with Crippen LogP contribution in [-0.4, -0.2) is 18.7 Å². The zero-order chi connectivity index (χ0) is 10.7. The Hall–Kier alpha value is -1.35. The summed E-state index contributed by atoms with van der Waals surface area (Å²) in [7, 11) is 0. The molecule has 0 spiro atoms. The molecule has 0 radical (unpaired) electrons. The number of benzene rings is 1. The molecule has 1 heterocycles. The molecule has 1 aliphatic heterocycles. The highest BCUT2D eigenvalue weighted by Crippen LogP contribution is 2.20. The van der Waals surface area contributed by atoms with Gasteiger partial charge in [0, 0.05) is 5.92 Å². The summed E-state index contributed by atoms with van der Waals surface area (Å²) in [6.45, 7) is 2.97. The minimum absolute atomic E-state index is 0.252. The molecule has 0 N–H and O–H groups in total. The van der Waals surface area contributed by atoms with E-state index in [9.17, 15) is 4.79 Å². The van der Waals surface area contributed by atoms with E-state index in [4.69, 9.17) is 9.47 Å². The van der Waals surface area contributed by atoms with Crippen molar-refractivity contribution < 1.29 is 14.3 Å². The zero-order valence-electron chi connectivity index (χ0n) is 8.68. The second-order valence-corrected chi connectivity index (χ2v) is 3.82. The molecule has 3 heteroatoms. The van der Waals surface area contributed by atoms with Crippen LogP contribution in [0, 0.1) is 5.92 Å². The first kappa shape index (κ1) is 10.2. The predicted octanol–water partition coefficient (Wildman–Crippen LogP) is 1.76.